The van der Waals surface area contributed by atoms with E-state index in [1.807, 2.05) is 103 Å². The Labute approximate surface area is 584 Å². The molecule has 2 aliphatic heterocycles. The number of H-pyrrole nitrogens is 2. The fourth-order valence-corrected chi connectivity index (χ4v) is 17.0. The van der Waals surface area contributed by atoms with Gasteiger partial charge in [-0.25, -0.2) is 43.6 Å². The minimum Gasteiger partial charge on any atom is -0.744 e. The maximum atomic E-state index is 13.0. The van der Waals surface area contributed by atoms with Gasteiger partial charge in [0.25, 0.3) is 0 Å². The molecule has 418 valence electrons. The molecule has 3 aromatic heterocycles. The molecule has 4 aromatic carbocycles. The van der Waals surface area contributed by atoms with Gasteiger partial charge in [-0.2, -0.15) is 0 Å². The van der Waals surface area contributed by atoms with E-state index in [2.05, 4.69) is 9.97 Å². The van der Waals surface area contributed by atoms with Crippen molar-refractivity contribution in [3.05, 3.63) is 120 Å². The van der Waals surface area contributed by atoms with Gasteiger partial charge in [-0.05, 0) is 119 Å². The molecule has 0 saturated carbocycles. The second-order valence-electron chi connectivity index (χ2n) is 24.3. The summed E-state index contributed by atoms with van der Waals surface area (Å²) in [6.45, 7) is 24.0. The van der Waals surface area contributed by atoms with Gasteiger partial charge in [0.1, 0.15) is 40.5 Å². The van der Waals surface area contributed by atoms with Crippen molar-refractivity contribution < 1.29 is 170 Å². The Bertz CT molecular complexity index is 3990. The SMILES string of the molecule is C[Si](C)(C)c1cc(-c2c3nc(c(-c4cc([Si](C)(C)C)cc(S(=O)(=O)[O-])c4)c4ccc([nH]4)c(-c4cc([Si](C)(C)C)cc(S(=O)(=O)[O-])c4)c4nc(c(-c5cc([Si](C)(C)C)cc(S(=O)(=O)[O-])c5)c5ccc2[nH]5)C=C4)C=C3)cc(S(=O)(=O)[O-])c1.[Na+].[Na+].[Na+].[Na+]. The molecule has 2 N–H and O–H groups in total. The zero-order chi connectivity index (χ0) is 58.8. The summed E-state index contributed by atoms with van der Waals surface area (Å²) in [7, 11) is -29.8. The van der Waals surface area contributed by atoms with Crippen LogP contribution in [0.2, 0.25) is 78.6 Å². The summed E-state index contributed by atoms with van der Waals surface area (Å²) >= 11 is 0. The Morgan fingerprint density at radius 1 is 0.310 bits per heavy atom. The molecule has 2 aliphatic rings. The number of rotatable bonds is 12. The van der Waals surface area contributed by atoms with Crippen LogP contribution in [0.25, 0.3) is 90.9 Å². The van der Waals surface area contributed by atoms with E-state index in [9.17, 15) is 51.9 Å². The first-order valence-corrected chi connectivity index (χ1v) is 44.9. The van der Waals surface area contributed by atoms with E-state index < -0.39 is 92.3 Å². The largest absolute Gasteiger partial charge is 1.00 e. The van der Waals surface area contributed by atoms with E-state index in [1.54, 1.807) is 48.6 Å². The minimum absolute atomic E-state index is 0. The third kappa shape index (κ3) is 15.8. The van der Waals surface area contributed by atoms with Crippen LogP contribution < -0.4 is 139 Å². The van der Waals surface area contributed by atoms with Gasteiger partial charge in [-0.1, -0.05) is 124 Å². The predicted molar refractivity (Wildman–Crippen MR) is 324 cm³/mol. The van der Waals surface area contributed by atoms with Gasteiger partial charge in [-0.15, -0.1) is 0 Å². The van der Waals surface area contributed by atoms with Gasteiger partial charge in [0, 0.05) is 44.3 Å². The fourth-order valence-electron chi connectivity index (χ4n) is 9.70. The maximum Gasteiger partial charge on any atom is 1.00 e. The number of aromatic nitrogens is 4. The van der Waals surface area contributed by atoms with Crippen LogP contribution >= 0.6 is 0 Å². The number of fused-ring (bicyclic) bond motifs is 8. The van der Waals surface area contributed by atoms with Crippen molar-refractivity contribution in [3.63, 3.8) is 0 Å². The smallest absolute Gasteiger partial charge is 0.744 e. The second kappa shape index (κ2) is 25.7. The van der Waals surface area contributed by atoms with Crippen LogP contribution in [0.4, 0.5) is 0 Å². The molecule has 0 fully saturated rings. The minimum atomic E-state index is -5.04. The third-order valence-corrected chi connectivity index (χ3v) is 25.5. The summed E-state index contributed by atoms with van der Waals surface area (Å²) < 4.78 is 156. The van der Waals surface area contributed by atoms with E-state index in [-0.39, 0.29) is 141 Å². The Hall–Kier alpha value is -2.01. The summed E-state index contributed by atoms with van der Waals surface area (Å²) in [5.41, 5.74) is 5.03. The molecular weight excluding hydrogens is 1250 g/mol. The summed E-state index contributed by atoms with van der Waals surface area (Å²) in [5.74, 6) is 0. The Balaban J connectivity index is 0.00000323. The van der Waals surface area contributed by atoms with E-state index in [1.165, 1.54) is 48.5 Å². The molecule has 5 heterocycles. The molecule has 0 radical (unpaired) electrons. The Morgan fingerprint density at radius 2 is 0.488 bits per heavy atom. The second-order valence-corrected chi connectivity index (χ2v) is 50.1. The van der Waals surface area contributed by atoms with E-state index in [0.29, 0.717) is 87.3 Å². The quantitative estimate of drug-likeness (QED) is 0.0920. The number of hydrogen-bond acceptors (Lipinski definition) is 14. The molecule has 0 saturated heterocycles. The molecule has 28 heteroatoms. The molecule has 9 rings (SSSR count). The van der Waals surface area contributed by atoms with Crippen LogP contribution in [0, 0.1) is 0 Å². The van der Waals surface area contributed by atoms with Gasteiger partial charge in [0.15, 0.2) is 0 Å². The van der Waals surface area contributed by atoms with Gasteiger partial charge >= 0.3 is 118 Å². The molecule has 0 atom stereocenters. The number of hydrogen-bond donors (Lipinski definition) is 2. The summed E-state index contributed by atoms with van der Waals surface area (Å²) in [6.07, 6.45) is 6.76. The first kappa shape index (κ1) is 72.7. The summed E-state index contributed by atoms with van der Waals surface area (Å²) in [5, 5.41) is 2.56. The van der Waals surface area contributed by atoms with Crippen LogP contribution in [-0.4, -0.2) is 104 Å². The van der Waals surface area contributed by atoms with Crippen LogP contribution in [0.3, 0.4) is 0 Å². The normalized spacial score (nSPS) is 13.1. The van der Waals surface area contributed by atoms with Crippen molar-refractivity contribution in [2.24, 2.45) is 0 Å². The Morgan fingerprint density at radius 3 is 0.643 bits per heavy atom. The standard InChI is InChI=1S/C56H62N4O12S4Si4.4Na/c1-77(2,3)41-25-33(21-37(29-41)73(61,62)63)53-45-13-15-47(57-45)54(34-22-38(74(64,65)66)30-42(26-34)78(4,5)6)49-17-19-51(59-49)56(36-24-40(76(70,71)72)32-44(28-36)80(10,11)12)52-20-18-50(60-52)55(48-16-14-46(53)58-48)35-23-39(75(67,68)69)31-43(27-35)79(7,8)9;;;;/h13-32,57,60H,1-12H3,(H,61,62,63)(H,64,65,66)(H,67,68,69)(H,70,71,72);;;;/q;4*+1/p-4. The molecule has 8 bridgehead atoms. The predicted octanol–water partition coefficient (Wildman–Crippen LogP) is -2.86. The monoisotopic (exact) mass is 1310 g/mol. The van der Waals surface area contributed by atoms with Crippen LogP contribution in [0.1, 0.15) is 22.8 Å². The Kier molecular flexibility index (Phi) is 22.3. The van der Waals surface area contributed by atoms with Gasteiger partial charge in [0.2, 0.25) is 0 Å². The van der Waals surface area contributed by atoms with Crippen molar-refractivity contribution in [2.45, 2.75) is 98.1 Å². The van der Waals surface area contributed by atoms with Gasteiger partial charge in [0.05, 0.1) is 74.7 Å². The molecule has 84 heavy (non-hydrogen) atoms. The molecular formula is C56H58N4Na4O12S4Si4. The molecule has 0 unspecified atom stereocenters. The van der Waals surface area contributed by atoms with Crippen LogP contribution in [0.5, 0.6) is 0 Å². The number of aromatic amines is 2. The van der Waals surface area contributed by atoms with Crippen molar-refractivity contribution >= 4 is 140 Å². The summed E-state index contributed by atoms with van der Waals surface area (Å²) in [4.78, 5) is 15.6. The first-order valence-electron chi connectivity index (χ1n) is 25.3. The number of benzene rings is 4. The molecule has 7 aromatic rings. The molecule has 16 nitrogen and oxygen atoms in total. The van der Waals surface area contributed by atoms with Crippen molar-refractivity contribution in [1.82, 2.24) is 19.9 Å². The third-order valence-electron chi connectivity index (χ3n) is 14.2. The van der Waals surface area contributed by atoms with Crippen molar-refractivity contribution in [1.29, 1.82) is 0 Å². The average molecular weight is 1310 g/mol. The van der Waals surface area contributed by atoms with Gasteiger partial charge in [-0.3, -0.25) is 0 Å². The maximum absolute atomic E-state index is 13.0. The molecule has 0 spiro atoms. The van der Waals surface area contributed by atoms with Crippen molar-refractivity contribution in [3.8, 4) is 44.5 Å². The van der Waals surface area contributed by atoms with E-state index in [0.717, 1.165) is 0 Å². The zero-order valence-corrected chi connectivity index (χ0v) is 65.2. The van der Waals surface area contributed by atoms with Crippen LogP contribution in [-0.2, 0) is 40.5 Å². The average Bonchev–Trinajstić information content (AvgIpc) is 4.17. The number of nitrogens with zero attached hydrogens (tertiary/aromatic N) is 2. The number of nitrogens with one attached hydrogen (secondary N) is 2. The van der Waals surface area contributed by atoms with E-state index in [4.69, 9.17) is 9.97 Å². The topological polar surface area (TPSA) is 286 Å². The molecule has 0 aliphatic carbocycles. The van der Waals surface area contributed by atoms with Crippen LogP contribution in [0.15, 0.2) is 117 Å². The van der Waals surface area contributed by atoms with Gasteiger partial charge < -0.3 is 28.2 Å². The summed E-state index contributed by atoms with van der Waals surface area (Å²) in [6, 6.07) is 24.9. The fraction of sp³-hybridized carbons (Fsp3) is 0.214. The molecule has 0 amide bonds. The van der Waals surface area contributed by atoms with Crippen molar-refractivity contribution in [2.75, 3.05) is 0 Å². The van der Waals surface area contributed by atoms with E-state index >= 15 is 0 Å². The first-order chi connectivity index (χ1) is 36.6. The zero-order valence-electron chi connectivity index (χ0n) is 50.0.